The average molecular weight is 334 g/mol. The lowest BCUT2D eigenvalue weighted by molar-refractivity contribution is -0.0417. The first-order valence-corrected chi connectivity index (χ1v) is 7.75. The van der Waals surface area contributed by atoms with Crippen molar-refractivity contribution in [1.82, 2.24) is 4.90 Å². The van der Waals surface area contributed by atoms with E-state index in [0.717, 1.165) is 16.1 Å². The molecule has 3 rings (SSSR count). The molecule has 1 N–H and O–H groups in total. The SMILES string of the molecule is Cc1ccc(CN2CC(F)(c3ccc(C(=O)O)cc3)C2)cc1Cl. The van der Waals surface area contributed by atoms with E-state index in [1.807, 2.05) is 30.0 Å². The monoisotopic (exact) mass is 333 g/mol. The summed E-state index contributed by atoms with van der Waals surface area (Å²) in [6.45, 7) is 3.19. The maximum Gasteiger partial charge on any atom is 0.335 e. The van der Waals surface area contributed by atoms with Crippen LogP contribution in [0.4, 0.5) is 4.39 Å². The van der Waals surface area contributed by atoms with E-state index in [0.29, 0.717) is 25.2 Å². The number of carbonyl (C=O) groups is 1. The molecule has 2 aromatic rings. The molecular formula is C18H17ClFNO2. The van der Waals surface area contributed by atoms with E-state index >= 15 is 0 Å². The van der Waals surface area contributed by atoms with Crippen molar-refractivity contribution in [2.45, 2.75) is 19.1 Å². The Hall–Kier alpha value is -1.91. The lowest BCUT2D eigenvalue weighted by Gasteiger charge is -2.45. The Morgan fingerprint density at radius 3 is 2.48 bits per heavy atom. The van der Waals surface area contributed by atoms with Crippen LogP contribution in [0.2, 0.25) is 5.02 Å². The molecule has 0 bridgehead atoms. The first-order chi connectivity index (χ1) is 10.9. The summed E-state index contributed by atoms with van der Waals surface area (Å²) in [5, 5.41) is 9.61. The van der Waals surface area contributed by atoms with E-state index in [1.165, 1.54) is 12.1 Å². The molecule has 0 atom stereocenters. The zero-order valence-corrected chi connectivity index (χ0v) is 13.5. The fraction of sp³-hybridized carbons (Fsp3) is 0.278. The largest absolute Gasteiger partial charge is 0.478 e. The zero-order valence-electron chi connectivity index (χ0n) is 12.7. The number of alkyl halides is 1. The van der Waals surface area contributed by atoms with Crippen molar-refractivity contribution in [2.75, 3.05) is 13.1 Å². The minimum atomic E-state index is -1.41. The van der Waals surface area contributed by atoms with Gasteiger partial charge in [0.1, 0.15) is 0 Å². The van der Waals surface area contributed by atoms with E-state index in [9.17, 15) is 9.18 Å². The molecule has 5 heteroatoms. The van der Waals surface area contributed by atoms with Crippen LogP contribution in [0.1, 0.15) is 27.0 Å². The van der Waals surface area contributed by atoms with Crippen molar-refractivity contribution in [1.29, 1.82) is 0 Å². The summed E-state index contributed by atoms with van der Waals surface area (Å²) in [6, 6.07) is 11.9. The number of carboxylic acid groups (broad SMARTS) is 1. The summed E-state index contributed by atoms with van der Waals surface area (Å²) >= 11 is 6.11. The van der Waals surface area contributed by atoms with Gasteiger partial charge >= 0.3 is 5.97 Å². The van der Waals surface area contributed by atoms with E-state index in [-0.39, 0.29) is 5.56 Å². The fourth-order valence-corrected chi connectivity index (χ4v) is 3.06. The highest BCUT2D eigenvalue weighted by molar-refractivity contribution is 6.31. The molecule has 0 radical (unpaired) electrons. The van der Waals surface area contributed by atoms with E-state index in [1.54, 1.807) is 12.1 Å². The maximum atomic E-state index is 14.9. The summed E-state index contributed by atoms with van der Waals surface area (Å²) in [7, 11) is 0. The molecule has 23 heavy (non-hydrogen) atoms. The molecular weight excluding hydrogens is 317 g/mol. The second-order valence-electron chi connectivity index (χ2n) is 6.08. The van der Waals surface area contributed by atoms with Crippen molar-refractivity contribution in [3.63, 3.8) is 0 Å². The van der Waals surface area contributed by atoms with Gasteiger partial charge in [-0.3, -0.25) is 4.90 Å². The minimum Gasteiger partial charge on any atom is -0.478 e. The number of likely N-dealkylation sites (tertiary alicyclic amines) is 1. The smallest absolute Gasteiger partial charge is 0.335 e. The van der Waals surface area contributed by atoms with Gasteiger partial charge in [-0.15, -0.1) is 0 Å². The number of aryl methyl sites for hydroxylation is 1. The van der Waals surface area contributed by atoms with Gasteiger partial charge in [0.2, 0.25) is 0 Å². The maximum absolute atomic E-state index is 14.9. The topological polar surface area (TPSA) is 40.5 Å². The third-order valence-electron chi connectivity index (χ3n) is 4.24. The van der Waals surface area contributed by atoms with E-state index < -0.39 is 11.6 Å². The quantitative estimate of drug-likeness (QED) is 0.918. The van der Waals surface area contributed by atoms with Gasteiger partial charge in [0.15, 0.2) is 5.67 Å². The van der Waals surface area contributed by atoms with Crippen LogP contribution >= 0.6 is 11.6 Å². The number of rotatable bonds is 4. The number of aromatic carboxylic acids is 1. The summed E-state index contributed by atoms with van der Waals surface area (Å²) in [5.74, 6) is -1.00. The molecule has 1 aliphatic rings. The molecule has 0 spiro atoms. The Morgan fingerprint density at radius 2 is 1.91 bits per heavy atom. The third-order valence-corrected chi connectivity index (χ3v) is 4.65. The van der Waals surface area contributed by atoms with Gasteiger partial charge in [-0.1, -0.05) is 35.9 Å². The average Bonchev–Trinajstić information content (AvgIpc) is 2.49. The lowest BCUT2D eigenvalue weighted by atomic mass is 9.87. The number of benzene rings is 2. The van der Waals surface area contributed by atoms with Gasteiger partial charge in [0, 0.05) is 24.7 Å². The summed E-state index contributed by atoms with van der Waals surface area (Å²) in [4.78, 5) is 12.8. The summed E-state index contributed by atoms with van der Waals surface area (Å²) in [6.07, 6.45) is 0. The summed E-state index contributed by atoms with van der Waals surface area (Å²) < 4.78 is 14.9. The van der Waals surface area contributed by atoms with Crippen molar-refractivity contribution in [3.05, 3.63) is 69.7 Å². The molecule has 0 saturated carbocycles. The lowest BCUT2D eigenvalue weighted by Crippen LogP contribution is -2.55. The van der Waals surface area contributed by atoms with Crippen LogP contribution in [-0.4, -0.2) is 29.1 Å². The highest BCUT2D eigenvalue weighted by atomic mass is 35.5. The Labute approximate surface area is 139 Å². The predicted octanol–water partition coefficient (Wildman–Crippen LogP) is 4.03. The van der Waals surface area contributed by atoms with Crippen LogP contribution in [0.15, 0.2) is 42.5 Å². The Bertz CT molecular complexity index is 739. The first kappa shape index (κ1) is 16.0. The Morgan fingerprint density at radius 1 is 1.26 bits per heavy atom. The zero-order chi connectivity index (χ0) is 16.6. The molecule has 2 aromatic carbocycles. The summed E-state index contributed by atoms with van der Waals surface area (Å²) in [5.41, 5.74) is 1.37. The normalized spacial score (nSPS) is 16.8. The predicted molar refractivity (Wildman–Crippen MR) is 87.7 cm³/mol. The van der Waals surface area contributed by atoms with Crippen LogP contribution < -0.4 is 0 Å². The van der Waals surface area contributed by atoms with Crippen molar-refractivity contribution >= 4 is 17.6 Å². The first-order valence-electron chi connectivity index (χ1n) is 7.37. The molecule has 1 heterocycles. The van der Waals surface area contributed by atoms with Crippen molar-refractivity contribution in [2.24, 2.45) is 0 Å². The van der Waals surface area contributed by atoms with Crippen LogP contribution in [0, 0.1) is 6.92 Å². The molecule has 120 valence electrons. The Balaban J connectivity index is 1.64. The van der Waals surface area contributed by atoms with Gasteiger partial charge in [0.25, 0.3) is 0 Å². The van der Waals surface area contributed by atoms with Gasteiger partial charge in [-0.25, -0.2) is 9.18 Å². The van der Waals surface area contributed by atoms with Crippen LogP contribution in [0.3, 0.4) is 0 Å². The van der Waals surface area contributed by atoms with Crippen molar-refractivity contribution < 1.29 is 14.3 Å². The van der Waals surface area contributed by atoms with E-state index in [2.05, 4.69) is 0 Å². The third kappa shape index (κ3) is 3.23. The second kappa shape index (κ2) is 5.95. The molecule has 0 aliphatic carbocycles. The molecule has 1 saturated heterocycles. The Kier molecular flexibility index (Phi) is 4.13. The molecule has 1 aliphatic heterocycles. The van der Waals surface area contributed by atoms with Crippen LogP contribution in [0.5, 0.6) is 0 Å². The number of carboxylic acids is 1. The molecule has 1 fully saturated rings. The highest BCUT2D eigenvalue weighted by Gasteiger charge is 2.44. The van der Waals surface area contributed by atoms with Crippen LogP contribution in [0.25, 0.3) is 0 Å². The van der Waals surface area contributed by atoms with Gasteiger partial charge < -0.3 is 5.11 Å². The van der Waals surface area contributed by atoms with Gasteiger partial charge in [-0.05, 0) is 41.8 Å². The van der Waals surface area contributed by atoms with Gasteiger partial charge in [0.05, 0.1) is 5.56 Å². The molecule has 0 amide bonds. The fourth-order valence-electron chi connectivity index (χ4n) is 2.86. The second-order valence-corrected chi connectivity index (χ2v) is 6.48. The van der Waals surface area contributed by atoms with Crippen molar-refractivity contribution in [3.8, 4) is 0 Å². The van der Waals surface area contributed by atoms with E-state index in [4.69, 9.17) is 16.7 Å². The van der Waals surface area contributed by atoms with Crippen LogP contribution in [-0.2, 0) is 12.2 Å². The number of halogens is 2. The molecule has 3 nitrogen and oxygen atoms in total. The number of nitrogens with zero attached hydrogens (tertiary/aromatic N) is 1. The molecule has 0 unspecified atom stereocenters. The molecule has 0 aromatic heterocycles. The number of hydrogen-bond acceptors (Lipinski definition) is 2. The number of hydrogen-bond donors (Lipinski definition) is 1. The van der Waals surface area contributed by atoms with Gasteiger partial charge in [-0.2, -0.15) is 0 Å². The minimum absolute atomic E-state index is 0.169. The highest BCUT2D eigenvalue weighted by Crippen LogP contribution is 2.37. The standard InChI is InChI=1S/C18H17ClFNO2/c1-12-2-3-13(8-16(12)19)9-21-10-18(20,11-21)15-6-4-14(5-7-15)17(22)23/h2-8H,9-11H2,1H3,(H,22,23).